The molecule has 0 N–H and O–H groups in total. The van der Waals surface area contributed by atoms with Crippen molar-refractivity contribution >= 4 is 54.9 Å². The Kier molecular flexibility index (Phi) is 4.32. The lowest BCUT2D eigenvalue weighted by atomic mass is 9.75. The quantitative estimate of drug-likeness (QED) is 0.273. The molecule has 1 aliphatic heterocycles. The highest BCUT2D eigenvalue weighted by Crippen LogP contribution is 2.42. The summed E-state index contributed by atoms with van der Waals surface area (Å²) < 4.78 is 15.6. The fraction of sp³-hybridized carbons (Fsp3) is 0.214. The van der Waals surface area contributed by atoms with Gasteiger partial charge in [0.05, 0.1) is 11.2 Å². The van der Waals surface area contributed by atoms with Gasteiger partial charge in [-0.25, -0.2) is 0 Å². The largest absolute Gasteiger partial charge is 0.495 e. The van der Waals surface area contributed by atoms with E-state index < -0.39 is 7.12 Å². The summed E-state index contributed by atoms with van der Waals surface area (Å²) in [6.07, 6.45) is 0. The van der Waals surface area contributed by atoms with Crippen LogP contribution in [0.4, 0.5) is 0 Å². The van der Waals surface area contributed by atoms with Gasteiger partial charge >= 0.3 is 7.12 Å². The van der Waals surface area contributed by atoms with E-state index in [-0.39, 0.29) is 11.2 Å². The molecule has 0 radical (unpaired) electrons. The number of rotatable bonds is 2. The van der Waals surface area contributed by atoms with Gasteiger partial charge in [-0.2, -0.15) is 0 Å². The van der Waals surface area contributed by atoms with E-state index in [0.29, 0.717) is 0 Å². The van der Waals surface area contributed by atoms with E-state index >= 15 is 0 Å². The molecule has 4 heteroatoms. The average Bonchev–Trinajstić information content (AvgIpc) is 3.27. The number of hydrogen-bond acceptors (Lipinski definition) is 3. The molecule has 0 bridgehead atoms. The van der Waals surface area contributed by atoms with Crippen LogP contribution in [0.15, 0.2) is 78.9 Å². The molecule has 2 nitrogen and oxygen atoms in total. The topological polar surface area (TPSA) is 18.5 Å². The molecule has 1 fully saturated rings. The molecule has 0 amide bonds. The van der Waals surface area contributed by atoms with Crippen LogP contribution in [0.1, 0.15) is 27.7 Å². The molecular weight excluding hydrogens is 411 g/mol. The molecule has 158 valence electrons. The van der Waals surface area contributed by atoms with Gasteiger partial charge in [0.2, 0.25) is 0 Å². The fourth-order valence-corrected chi connectivity index (χ4v) is 5.92. The third kappa shape index (κ3) is 2.94. The summed E-state index contributed by atoms with van der Waals surface area (Å²) >= 11 is 1.86. The molecule has 5 aromatic rings. The molecule has 0 spiro atoms. The molecule has 0 unspecified atom stereocenters. The van der Waals surface area contributed by atoms with Crippen molar-refractivity contribution < 1.29 is 9.31 Å². The standard InChI is InChI=1S/C28H25BO2S/c1-27(2)28(3,4)31-29(30-27)23-16-20-12-8-9-13-21(20)26-25(23)22-15-14-19(17-24(22)32-26)18-10-6-5-7-11-18/h5-17H,1-4H3. The summed E-state index contributed by atoms with van der Waals surface area (Å²) in [6.45, 7) is 8.46. The third-order valence-electron chi connectivity index (χ3n) is 7.11. The first-order valence-corrected chi connectivity index (χ1v) is 11.9. The van der Waals surface area contributed by atoms with Crippen molar-refractivity contribution in [2.75, 3.05) is 0 Å². The Bertz CT molecular complexity index is 1470. The summed E-state index contributed by atoms with van der Waals surface area (Å²) in [5, 5.41) is 5.02. The van der Waals surface area contributed by atoms with Crippen molar-refractivity contribution in [3.63, 3.8) is 0 Å². The molecule has 0 atom stereocenters. The van der Waals surface area contributed by atoms with Crippen molar-refractivity contribution in [1.29, 1.82) is 0 Å². The van der Waals surface area contributed by atoms with Gasteiger partial charge in [-0.3, -0.25) is 0 Å². The number of hydrogen-bond donors (Lipinski definition) is 0. The van der Waals surface area contributed by atoms with Crippen LogP contribution in [0.3, 0.4) is 0 Å². The van der Waals surface area contributed by atoms with Crippen LogP contribution in [-0.2, 0) is 9.31 Å². The zero-order valence-corrected chi connectivity index (χ0v) is 19.6. The molecule has 1 aromatic heterocycles. The maximum Gasteiger partial charge on any atom is 0.495 e. The lowest BCUT2D eigenvalue weighted by Crippen LogP contribution is -2.41. The second-order valence-corrected chi connectivity index (χ2v) is 10.7. The maximum absolute atomic E-state index is 6.50. The van der Waals surface area contributed by atoms with Crippen molar-refractivity contribution in [3.8, 4) is 11.1 Å². The monoisotopic (exact) mass is 436 g/mol. The van der Waals surface area contributed by atoms with E-state index in [1.807, 2.05) is 11.3 Å². The van der Waals surface area contributed by atoms with Crippen molar-refractivity contribution in [1.82, 2.24) is 0 Å². The number of benzene rings is 4. The molecular formula is C28H25BO2S. The second kappa shape index (κ2) is 6.92. The summed E-state index contributed by atoms with van der Waals surface area (Å²) in [7, 11) is -0.390. The molecule has 6 rings (SSSR count). The van der Waals surface area contributed by atoms with Crippen molar-refractivity contribution in [2.45, 2.75) is 38.9 Å². The lowest BCUT2D eigenvalue weighted by molar-refractivity contribution is 0.00578. The van der Waals surface area contributed by atoms with Gasteiger partial charge < -0.3 is 9.31 Å². The highest BCUT2D eigenvalue weighted by atomic mass is 32.1. The molecule has 0 saturated carbocycles. The molecule has 4 aromatic carbocycles. The van der Waals surface area contributed by atoms with Crippen molar-refractivity contribution in [2.24, 2.45) is 0 Å². The molecule has 32 heavy (non-hydrogen) atoms. The lowest BCUT2D eigenvalue weighted by Gasteiger charge is -2.32. The molecule has 0 aliphatic carbocycles. The molecule has 1 saturated heterocycles. The minimum absolute atomic E-state index is 0.373. The van der Waals surface area contributed by atoms with Crippen LogP contribution in [0.2, 0.25) is 0 Å². The van der Waals surface area contributed by atoms with Gasteiger partial charge in [0.15, 0.2) is 0 Å². The Morgan fingerprint density at radius 1 is 0.688 bits per heavy atom. The highest BCUT2D eigenvalue weighted by Gasteiger charge is 2.52. The van der Waals surface area contributed by atoms with Crippen LogP contribution in [0.5, 0.6) is 0 Å². The van der Waals surface area contributed by atoms with E-state index in [1.54, 1.807) is 0 Å². The van der Waals surface area contributed by atoms with Gasteiger partial charge in [-0.05, 0) is 61.1 Å². The van der Waals surface area contributed by atoms with E-state index in [0.717, 1.165) is 5.46 Å². The minimum atomic E-state index is -0.390. The SMILES string of the molecule is CC1(C)OB(c2cc3ccccc3c3sc4cc(-c5ccccc5)ccc4c23)OC1(C)C. The van der Waals surface area contributed by atoms with Gasteiger partial charge in [0.1, 0.15) is 0 Å². The van der Waals surface area contributed by atoms with Gasteiger partial charge in [-0.1, -0.05) is 72.8 Å². The second-order valence-electron chi connectivity index (χ2n) is 9.66. The third-order valence-corrected chi connectivity index (χ3v) is 8.30. The normalized spacial score (nSPS) is 17.6. The summed E-state index contributed by atoms with van der Waals surface area (Å²) in [5.41, 5.74) is 2.86. The predicted molar refractivity (Wildman–Crippen MR) is 138 cm³/mol. The van der Waals surface area contributed by atoms with Crippen LogP contribution in [-0.4, -0.2) is 18.3 Å². The average molecular weight is 436 g/mol. The summed E-state index contributed by atoms with van der Waals surface area (Å²) in [5.74, 6) is 0. The smallest absolute Gasteiger partial charge is 0.399 e. The van der Waals surface area contributed by atoms with E-state index in [9.17, 15) is 0 Å². The Balaban J connectivity index is 1.63. The van der Waals surface area contributed by atoms with Gasteiger partial charge in [-0.15, -0.1) is 11.3 Å². The summed E-state index contributed by atoms with van der Waals surface area (Å²) in [6, 6.07) is 28.3. The van der Waals surface area contributed by atoms with E-state index in [1.165, 1.54) is 42.1 Å². The Labute approximate surface area is 192 Å². The number of thiophene rings is 1. The molecule has 1 aliphatic rings. The van der Waals surface area contributed by atoms with E-state index in [2.05, 4.69) is 107 Å². The first-order valence-electron chi connectivity index (χ1n) is 11.1. The van der Waals surface area contributed by atoms with E-state index in [4.69, 9.17) is 9.31 Å². The Hall–Kier alpha value is -2.66. The minimum Gasteiger partial charge on any atom is -0.399 e. The highest BCUT2D eigenvalue weighted by molar-refractivity contribution is 7.27. The van der Waals surface area contributed by atoms with Crippen LogP contribution >= 0.6 is 11.3 Å². The Morgan fingerprint density at radius 3 is 2.12 bits per heavy atom. The first kappa shape index (κ1) is 20.0. The molecule has 2 heterocycles. The maximum atomic E-state index is 6.50. The fourth-order valence-electron chi connectivity index (χ4n) is 4.61. The number of fused-ring (bicyclic) bond motifs is 5. The zero-order chi connectivity index (χ0) is 22.1. The predicted octanol–water partition coefficient (Wildman–Crippen LogP) is 7.17. The Morgan fingerprint density at radius 2 is 1.38 bits per heavy atom. The van der Waals surface area contributed by atoms with Crippen LogP contribution in [0, 0.1) is 0 Å². The van der Waals surface area contributed by atoms with Crippen LogP contribution in [0.25, 0.3) is 42.1 Å². The van der Waals surface area contributed by atoms with Crippen LogP contribution < -0.4 is 5.46 Å². The van der Waals surface area contributed by atoms with Crippen molar-refractivity contribution in [3.05, 3.63) is 78.9 Å². The van der Waals surface area contributed by atoms with Gasteiger partial charge in [0, 0.05) is 20.2 Å². The summed E-state index contributed by atoms with van der Waals surface area (Å²) in [4.78, 5) is 0. The first-order chi connectivity index (χ1) is 15.3. The zero-order valence-electron chi connectivity index (χ0n) is 18.8. The van der Waals surface area contributed by atoms with Gasteiger partial charge in [0.25, 0.3) is 0 Å².